The van der Waals surface area contributed by atoms with Gasteiger partial charge in [-0.05, 0) is 37.5 Å². The van der Waals surface area contributed by atoms with Crippen molar-refractivity contribution in [1.29, 1.82) is 0 Å². The molecule has 0 spiro atoms. The summed E-state index contributed by atoms with van der Waals surface area (Å²) in [6, 6.07) is 18.7. The van der Waals surface area contributed by atoms with E-state index in [1.54, 1.807) is 7.11 Å². The Morgan fingerprint density at radius 1 is 1.04 bits per heavy atom. The number of aryl methyl sites for hydroxylation is 1. The normalized spacial score (nSPS) is 15.9. The molecule has 1 fully saturated rings. The fourth-order valence-corrected chi connectivity index (χ4v) is 3.66. The smallest absolute Gasteiger partial charge is 0.234 e. The van der Waals surface area contributed by atoms with Crippen LogP contribution in [0.25, 0.3) is 0 Å². The minimum absolute atomic E-state index is 0.117. The fourth-order valence-electron chi connectivity index (χ4n) is 3.66. The summed E-state index contributed by atoms with van der Waals surface area (Å²) in [5, 5.41) is 3.14. The van der Waals surface area contributed by atoms with Gasteiger partial charge in [0.25, 0.3) is 0 Å². The number of piperazine rings is 1. The van der Waals surface area contributed by atoms with Crippen molar-refractivity contribution in [2.75, 3.05) is 44.7 Å². The topological polar surface area (TPSA) is 44.8 Å². The van der Waals surface area contributed by atoms with E-state index in [1.165, 1.54) is 5.56 Å². The van der Waals surface area contributed by atoms with Crippen molar-refractivity contribution in [2.45, 2.75) is 25.8 Å². The molecule has 0 aliphatic carbocycles. The summed E-state index contributed by atoms with van der Waals surface area (Å²) in [6.45, 7) is 6.11. The second-order valence-electron chi connectivity index (χ2n) is 7.43. The molecule has 1 heterocycles. The number of nitrogens with one attached hydrogen (secondary N) is 1. The average molecular weight is 382 g/mol. The van der Waals surface area contributed by atoms with Crippen LogP contribution in [0.15, 0.2) is 54.6 Å². The van der Waals surface area contributed by atoms with Crippen LogP contribution in [0.5, 0.6) is 5.75 Å². The third kappa shape index (κ3) is 5.73. The number of para-hydroxylation sites is 2. The molecule has 1 aliphatic rings. The van der Waals surface area contributed by atoms with Gasteiger partial charge < -0.3 is 15.0 Å². The van der Waals surface area contributed by atoms with Crippen molar-refractivity contribution in [1.82, 2.24) is 10.2 Å². The number of rotatable bonds is 8. The number of benzene rings is 2. The molecule has 0 radical (unpaired) electrons. The van der Waals surface area contributed by atoms with Crippen LogP contribution in [0.4, 0.5) is 5.69 Å². The van der Waals surface area contributed by atoms with Crippen LogP contribution in [-0.4, -0.2) is 56.7 Å². The highest BCUT2D eigenvalue weighted by atomic mass is 16.5. The minimum Gasteiger partial charge on any atom is -0.495 e. The number of ether oxygens (including phenoxy) is 1. The first-order valence-corrected chi connectivity index (χ1v) is 10.1. The van der Waals surface area contributed by atoms with Crippen LogP contribution in [0, 0.1) is 0 Å². The van der Waals surface area contributed by atoms with Crippen molar-refractivity contribution in [2.24, 2.45) is 0 Å². The van der Waals surface area contributed by atoms with Gasteiger partial charge in [-0.25, -0.2) is 0 Å². The first-order valence-electron chi connectivity index (χ1n) is 10.1. The highest BCUT2D eigenvalue weighted by Crippen LogP contribution is 2.28. The Morgan fingerprint density at radius 2 is 1.71 bits per heavy atom. The zero-order valence-corrected chi connectivity index (χ0v) is 16.9. The molecule has 3 rings (SSSR count). The van der Waals surface area contributed by atoms with E-state index in [0.717, 1.165) is 50.5 Å². The maximum Gasteiger partial charge on any atom is 0.234 e. The van der Waals surface area contributed by atoms with Gasteiger partial charge in [0.1, 0.15) is 5.75 Å². The summed E-state index contributed by atoms with van der Waals surface area (Å²) in [5.74, 6) is 1.02. The van der Waals surface area contributed by atoms with Crippen molar-refractivity contribution in [3.8, 4) is 5.75 Å². The third-order valence-corrected chi connectivity index (χ3v) is 5.28. The molecule has 0 bridgehead atoms. The molecular formula is C23H31N3O2. The first kappa shape index (κ1) is 20.2. The lowest BCUT2D eigenvalue weighted by molar-refractivity contribution is -0.122. The van der Waals surface area contributed by atoms with Crippen LogP contribution in [0.1, 0.15) is 18.9 Å². The van der Waals surface area contributed by atoms with Crippen LogP contribution in [0.3, 0.4) is 0 Å². The molecule has 28 heavy (non-hydrogen) atoms. The SMILES string of the molecule is COc1ccccc1N1CCN(CC(=O)N[C@@H](C)CCc2ccccc2)CC1. The lowest BCUT2D eigenvalue weighted by Crippen LogP contribution is -2.50. The van der Waals surface area contributed by atoms with E-state index in [2.05, 4.69) is 52.4 Å². The van der Waals surface area contributed by atoms with Crippen LogP contribution >= 0.6 is 0 Å². The molecule has 5 nitrogen and oxygen atoms in total. The van der Waals surface area contributed by atoms with E-state index < -0.39 is 0 Å². The molecular weight excluding hydrogens is 350 g/mol. The number of hydrogen-bond acceptors (Lipinski definition) is 4. The molecule has 1 N–H and O–H groups in total. The second-order valence-corrected chi connectivity index (χ2v) is 7.43. The molecule has 1 amide bonds. The number of hydrogen-bond donors (Lipinski definition) is 1. The minimum atomic E-state index is 0.117. The van der Waals surface area contributed by atoms with Crippen molar-refractivity contribution in [3.05, 3.63) is 60.2 Å². The van der Waals surface area contributed by atoms with Crippen molar-refractivity contribution in [3.63, 3.8) is 0 Å². The molecule has 1 aliphatic heterocycles. The highest BCUT2D eigenvalue weighted by molar-refractivity contribution is 5.78. The standard InChI is InChI=1S/C23H31N3O2/c1-19(12-13-20-8-4-3-5-9-20)24-23(27)18-25-14-16-26(17-15-25)21-10-6-7-11-22(21)28-2/h3-11,19H,12-18H2,1-2H3,(H,24,27)/t19-/m0/s1. The molecule has 0 aromatic heterocycles. The van der Waals surface area contributed by atoms with Gasteiger partial charge in [-0.2, -0.15) is 0 Å². The number of carbonyl (C=O) groups excluding carboxylic acids is 1. The molecule has 5 heteroatoms. The summed E-state index contributed by atoms with van der Waals surface area (Å²) < 4.78 is 5.47. The molecule has 2 aromatic rings. The Morgan fingerprint density at radius 3 is 2.43 bits per heavy atom. The van der Waals surface area contributed by atoms with E-state index in [-0.39, 0.29) is 11.9 Å². The third-order valence-electron chi connectivity index (χ3n) is 5.28. The maximum atomic E-state index is 12.4. The van der Waals surface area contributed by atoms with Gasteiger partial charge in [-0.1, -0.05) is 42.5 Å². The summed E-state index contributed by atoms with van der Waals surface area (Å²) >= 11 is 0. The summed E-state index contributed by atoms with van der Waals surface area (Å²) in [7, 11) is 1.71. The molecule has 0 unspecified atom stereocenters. The number of anilines is 1. The zero-order chi connectivity index (χ0) is 19.8. The molecule has 1 saturated heterocycles. The van der Waals surface area contributed by atoms with Crippen LogP contribution in [0.2, 0.25) is 0 Å². The molecule has 150 valence electrons. The first-order chi connectivity index (χ1) is 13.7. The van der Waals surface area contributed by atoms with Crippen LogP contribution < -0.4 is 15.0 Å². The van der Waals surface area contributed by atoms with Crippen molar-refractivity contribution >= 4 is 11.6 Å². The van der Waals surface area contributed by atoms with Gasteiger partial charge in [0, 0.05) is 32.2 Å². The summed E-state index contributed by atoms with van der Waals surface area (Å²) in [5.41, 5.74) is 2.44. The van der Waals surface area contributed by atoms with E-state index in [9.17, 15) is 4.79 Å². The van der Waals surface area contributed by atoms with E-state index in [0.29, 0.717) is 6.54 Å². The van der Waals surface area contributed by atoms with Gasteiger partial charge in [0.05, 0.1) is 19.3 Å². The number of nitrogens with zero attached hydrogens (tertiary/aromatic N) is 2. The van der Waals surface area contributed by atoms with Crippen molar-refractivity contribution < 1.29 is 9.53 Å². The predicted octanol–water partition coefficient (Wildman–Crippen LogP) is 2.95. The molecule has 1 atom stereocenters. The Balaban J connectivity index is 1.40. The second kappa shape index (κ2) is 10.1. The zero-order valence-electron chi connectivity index (χ0n) is 16.9. The lowest BCUT2D eigenvalue weighted by atomic mass is 10.1. The van der Waals surface area contributed by atoms with Gasteiger partial charge in [0.2, 0.25) is 5.91 Å². The average Bonchev–Trinajstić information content (AvgIpc) is 2.73. The number of methoxy groups -OCH3 is 1. The quantitative estimate of drug-likeness (QED) is 0.764. The van der Waals surface area contributed by atoms with Gasteiger partial charge >= 0.3 is 0 Å². The highest BCUT2D eigenvalue weighted by Gasteiger charge is 2.21. The Bertz CT molecular complexity index is 743. The fraction of sp³-hybridized carbons (Fsp3) is 0.435. The van der Waals surface area contributed by atoms with Gasteiger partial charge in [0.15, 0.2) is 0 Å². The van der Waals surface area contributed by atoms with Gasteiger partial charge in [-0.3, -0.25) is 9.69 Å². The summed E-state index contributed by atoms with van der Waals surface area (Å²) in [4.78, 5) is 17.0. The summed E-state index contributed by atoms with van der Waals surface area (Å²) in [6.07, 6.45) is 1.94. The molecule has 2 aromatic carbocycles. The predicted molar refractivity (Wildman–Crippen MR) is 114 cm³/mol. The number of amides is 1. The van der Waals surface area contributed by atoms with E-state index >= 15 is 0 Å². The lowest BCUT2D eigenvalue weighted by Gasteiger charge is -2.36. The maximum absolute atomic E-state index is 12.4. The monoisotopic (exact) mass is 381 g/mol. The number of carbonyl (C=O) groups is 1. The van der Waals surface area contributed by atoms with Gasteiger partial charge in [-0.15, -0.1) is 0 Å². The Kier molecular flexibility index (Phi) is 7.31. The van der Waals surface area contributed by atoms with E-state index in [1.807, 2.05) is 24.3 Å². The molecule has 0 saturated carbocycles. The Labute approximate surface area is 168 Å². The van der Waals surface area contributed by atoms with Crippen LogP contribution in [-0.2, 0) is 11.2 Å². The largest absolute Gasteiger partial charge is 0.495 e. The van der Waals surface area contributed by atoms with E-state index in [4.69, 9.17) is 4.74 Å². The Hall–Kier alpha value is -2.53.